The topological polar surface area (TPSA) is 97.4 Å². The number of dihydropyridines is 1. The number of nitriles is 1. The van der Waals surface area contributed by atoms with Gasteiger partial charge < -0.3 is 20.5 Å². The molecule has 0 radical (unpaired) electrons. The van der Waals surface area contributed by atoms with Crippen LogP contribution in [0.15, 0.2) is 63.4 Å². The van der Waals surface area contributed by atoms with Gasteiger partial charge in [0.25, 0.3) is 0 Å². The standard InChI is InChI=1S/C28H30BrN3O3/c1-4-6-17-10-24-27(25(33)11-17)26(21(14-30)16(2)32-24)19-12-22(29)28(23(31)13-19)35-15-18-7-5-8-20(9-18)34-3/h5,7-9,12-13,17,26,32H,4,6,10-11,15,31H2,1-3H3. The summed E-state index contributed by atoms with van der Waals surface area (Å²) in [5.41, 5.74) is 11.6. The molecule has 1 aliphatic heterocycles. The molecule has 0 spiro atoms. The number of nitrogens with zero attached hydrogens (tertiary/aromatic N) is 1. The molecule has 182 valence electrons. The summed E-state index contributed by atoms with van der Waals surface area (Å²) < 4.78 is 12.0. The zero-order valence-electron chi connectivity index (χ0n) is 20.3. The molecular weight excluding hydrogens is 506 g/mol. The Morgan fingerprint density at radius 1 is 1.26 bits per heavy atom. The van der Waals surface area contributed by atoms with E-state index in [0.717, 1.165) is 47.5 Å². The molecule has 0 amide bonds. The molecule has 0 saturated carbocycles. The zero-order chi connectivity index (χ0) is 25.1. The lowest BCUT2D eigenvalue weighted by Crippen LogP contribution is -2.34. The number of methoxy groups -OCH3 is 1. The molecule has 2 atom stereocenters. The van der Waals surface area contributed by atoms with E-state index in [1.807, 2.05) is 43.3 Å². The number of benzene rings is 2. The van der Waals surface area contributed by atoms with Crippen LogP contribution >= 0.6 is 15.9 Å². The molecule has 7 heteroatoms. The van der Waals surface area contributed by atoms with Gasteiger partial charge in [0.1, 0.15) is 12.4 Å². The van der Waals surface area contributed by atoms with Gasteiger partial charge in [0.05, 0.1) is 34.8 Å². The summed E-state index contributed by atoms with van der Waals surface area (Å²) >= 11 is 3.61. The van der Waals surface area contributed by atoms with Crippen LogP contribution in [0, 0.1) is 17.2 Å². The normalized spacial score (nSPS) is 19.7. The highest BCUT2D eigenvalue weighted by atomic mass is 79.9. The van der Waals surface area contributed by atoms with Crippen LogP contribution in [-0.4, -0.2) is 12.9 Å². The lowest BCUT2D eigenvalue weighted by Gasteiger charge is -2.35. The molecule has 35 heavy (non-hydrogen) atoms. The van der Waals surface area contributed by atoms with Crippen molar-refractivity contribution in [2.75, 3.05) is 12.8 Å². The Bertz CT molecular complexity index is 1240. The van der Waals surface area contributed by atoms with Gasteiger partial charge in [-0.3, -0.25) is 4.79 Å². The zero-order valence-corrected chi connectivity index (χ0v) is 21.9. The molecule has 3 N–H and O–H groups in total. The maximum atomic E-state index is 13.3. The smallest absolute Gasteiger partial charge is 0.161 e. The maximum absolute atomic E-state index is 13.3. The van der Waals surface area contributed by atoms with E-state index in [1.54, 1.807) is 7.11 Å². The highest BCUT2D eigenvalue weighted by molar-refractivity contribution is 9.10. The fourth-order valence-corrected chi connectivity index (χ4v) is 5.69. The number of nitrogens with one attached hydrogen (secondary N) is 1. The Morgan fingerprint density at radius 3 is 2.74 bits per heavy atom. The summed E-state index contributed by atoms with van der Waals surface area (Å²) in [5, 5.41) is 13.4. The van der Waals surface area contributed by atoms with E-state index in [0.29, 0.717) is 46.0 Å². The van der Waals surface area contributed by atoms with Crippen molar-refractivity contribution in [1.82, 2.24) is 5.32 Å². The van der Waals surface area contributed by atoms with Gasteiger partial charge in [-0.15, -0.1) is 0 Å². The SMILES string of the molecule is CCCC1CC(=O)C2=C(C1)NC(C)=C(C#N)C2c1cc(N)c(OCc2cccc(OC)c2)c(Br)c1. The number of carbonyl (C=O) groups excluding carboxylic acids is 1. The second-order valence-electron chi connectivity index (χ2n) is 9.15. The summed E-state index contributed by atoms with van der Waals surface area (Å²) in [6.07, 6.45) is 3.39. The number of allylic oxidation sites excluding steroid dienone is 4. The van der Waals surface area contributed by atoms with Crippen molar-refractivity contribution >= 4 is 27.4 Å². The average Bonchev–Trinajstić information content (AvgIpc) is 2.82. The minimum Gasteiger partial charge on any atom is -0.497 e. The number of carbonyl (C=O) groups is 1. The monoisotopic (exact) mass is 535 g/mol. The predicted molar refractivity (Wildman–Crippen MR) is 140 cm³/mol. The minimum atomic E-state index is -0.447. The first-order valence-corrected chi connectivity index (χ1v) is 12.6. The lowest BCUT2D eigenvalue weighted by molar-refractivity contribution is -0.117. The summed E-state index contributed by atoms with van der Waals surface area (Å²) in [6, 6.07) is 13.7. The second-order valence-corrected chi connectivity index (χ2v) is 10.0. The number of nitrogens with two attached hydrogens (primary N) is 1. The van der Waals surface area contributed by atoms with E-state index >= 15 is 0 Å². The summed E-state index contributed by atoms with van der Waals surface area (Å²) in [4.78, 5) is 13.3. The lowest BCUT2D eigenvalue weighted by atomic mass is 9.72. The molecule has 0 aromatic heterocycles. The number of rotatable bonds is 7. The number of ketones is 1. The summed E-state index contributed by atoms with van der Waals surface area (Å²) in [5.74, 6) is 1.28. The molecule has 2 aromatic carbocycles. The van der Waals surface area contributed by atoms with E-state index in [9.17, 15) is 10.1 Å². The van der Waals surface area contributed by atoms with Crippen molar-refractivity contribution in [2.45, 2.75) is 52.1 Å². The van der Waals surface area contributed by atoms with Crippen molar-refractivity contribution in [3.63, 3.8) is 0 Å². The molecule has 1 heterocycles. The van der Waals surface area contributed by atoms with Crippen LogP contribution in [-0.2, 0) is 11.4 Å². The predicted octanol–water partition coefficient (Wildman–Crippen LogP) is 6.14. The van der Waals surface area contributed by atoms with Gasteiger partial charge in [-0.2, -0.15) is 5.26 Å². The second kappa shape index (κ2) is 10.6. The van der Waals surface area contributed by atoms with Crippen molar-refractivity contribution in [2.24, 2.45) is 5.92 Å². The number of ether oxygens (including phenoxy) is 2. The van der Waals surface area contributed by atoms with Crippen molar-refractivity contribution in [3.8, 4) is 17.6 Å². The molecule has 2 aromatic rings. The van der Waals surface area contributed by atoms with Crippen LogP contribution in [0.3, 0.4) is 0 Å². The van der Waals surface area contributed by atoms with Gasteiger partial charge in [-0.25, -0.2) is 0 Å². The van der Waals surface area contributed by atoms with Crippen molar-refractivity contribution < 1.29 is 14.3 Å². The Balaban J connectivity index is 1.67. The molecule has 2 aliphatic rings. The maximum Gasteiger partial charge on any atom is 0.161 e. The minimum absolute atomic E-state index is 0.107. The average molecular weight is 536 g/mol. The number of nitrogen functional groups attached to an aromatic ring is 1. The molecule has 0 fully saturated rings. The summed E-state index contributed by atoms with van der Waals surface area (Å²) in [6.45, 7) is 4.36. The highest BCUT2D eigenvalue weighted by Gasteiger charge is 2.38. The van der Waals surface area contributed by atoms with E-state index in [1.165, 1.54) is 0 Å². The van der Waals surface area contributed by atoms with Crippen LogP contribution in [0.1, 0.15) is 56.6 Å². The fourth-order valence-electron chi connectivity index (χ4n) is 5.09. The fraction of sp³-hybridized carbons (Fsp3) is 0.357. The molecule has 0 saturated heterocycles. The van der Waals surface area contributed by atoms with Gasteiger partial charge >= 0.3 is 0 Å². The van der Waals surface area contributed by atoms with Gasteiger partial charge in [-0.05, 0) is 77.0 Å². The Labute approximate surface area is 214 Å². The van der Waals surface area contributed by atoms with E-state index in [-0.39, 0.29) is 5.78 Å². The van der Waals surface area contributed by atoms with Crippen LogP contribution in [0.25, 0.3) is 0 Å². The largest absolute Gasteiger partial charge is 0.497 e. The van der Waals surface area contributed by atoms with Crippen LogP contribution in [0.5, 0.6) is 11.5 Å². The highest BCUT2D eigenvalue weighted by Crippen LogP contribution is 2.46. The Kier molecular flexibility index (Phi) is 7.51. The Hall–Kier alpha value is -3.24. The first-order valence-electron chi connectivity index (χ1n) is 11.8. The quantitative estimate of drug-likeness (QED) is 0.413. The van der Waals surface area contributed by atoms with Crippen LogP contribution < -0.4 is 20.5 Å². The van der Waals surface area contributed by atoms with Crippen molar-refractivity contribution in [1.29, 1.82) is 5.26 Å². The molecule has 0 bridgehead atoms. The number of anilines is 1. The number of halogens is 1. The molecule has 6 nitrogen and oxygen atoms in total. The third-order valence-corrected chi connectivity index (χ3v) is 7.26. The van der Waals surface area contributed by atoms with Crippen molar-refractivity contribution in [3.05, 3.63) is 74.5 Å². The third kappa shape index (κ3) is 5.08. The van der Waals surface area contributed by atoms with Crippen LogP contribution in [0.2, 0.25) is 0 Å². The van der Waals surface area contributed by atoms with Gasteiger partial charge in [-0.1, -0.05) is 25.5 Å². The van der Waals surface area contributed by atoms with Gasteiger partial charge in [0.15, 0.2) is 11.5 Å². The molecular formula is C28H30BrN3O3. The van der Waals surface area contributed by atoms with Gasteiger partial charge in [0.2, 0.25) is 0 Å². The van der Waals surface area contributed by atoms with E-state index in [4.69, 9.17) is 15.2 Å². The number of hydrogen-bond donors (Lipinski definition) is 2. The van der Waals surface area contributed by atoms with E-state index < -0.39 is 5.92 Å². The number of hydrogen-bond acceptors (Lipinski definition) is 6. The summed E-state index contributed by atoms with van der Waals surface area (Å²) in [7, 11) is 1.63. The Morgan fingerprint density at radius 2 is 2.06 bits per heavy atom. The molecule has 4 rings (SSSR count). The van der Waals surface area contributed by atoms with E-state index in [2.05, 4.69) is 34.2 Å². The van der Waals surface area contributed by atoms with Crippen LogP contribution in [0.4, 0.5) is 5.69 Å². The third-order valence-electron chi connectivity index (χ3n) is 6.67. The van der Waals surface area contributed by atoms with Gasteiger partial charge in [0, 0.05) is 23.4 Å². The first kappa shape index (κ1) is 24.9. The number of Topliss-reactive ketones (excluding diaryl/α,β-unsaturated/α-hetero) is 1. The molecule has 2 unspecified atom stereocenters. The molecule has 1 aliphatic carbocycles. The first-order chi connectivity index (χ1) is 16.9.